The molecule has 1 amide bonds. The van der Waals surface area contributed by atoms with Crippen molar-refractivity contribution in [2.75, 3.05) is 5.32 Å². The number of hydrogen-bond donors (Lipinski definition) is 2. The molecule has 5 aliphatic rings. The number of allylic oxidation sites excluding steroid dienone is 1. The first-order chi connectivity index (χ1) is 18.2. The van der Waals surface area contributed by atoms with Crippen LogP contribution in [0.1, 0.15) is 71.3 Å². The number of nitrogens with one attached hydrogen (secondary N) is 1. The number of aryl methyl sites for hydroxylation is 2. The van der Waals surface area contributed by atoms with Crippen LogP contribution in [0, 0.1) is 41.9 Å². The van der Waals surface area contributed by atoms with E-state index in [-0.39, 0.29) is 34.5 Å². The van der Waals surface area contributed by atoms with E-state index >= 15 is 0 Å². The summed E-state index contributed by atoms with van der Waals surface area (Å²) < 4.78 is 6.43. The van der Waals surface area contributed by atoms with E-state index in [0.717, 1.165) is 36.0 Å². The molecule has 7 rings (SSSR count). The fraction of sp³-hybridized carbons (Fsp3) is 0.414. The van der Waals surface area contributed by atoms with Gasteiger partial charge in [-0.15, -0.1) is 0 Å². The Morgan fingerprint density at radius 1 is 1.21 bits per heavy atom. The zero-order valence-corrected chi connectivity index (χ0v) is 21.4. The predicted molar refractivity (Wildman–Crippen MR) is 140 cm³/mol. The maximum absolute atomic E-state index is 13.6. The molecule has 0 radical (unpaired) electrons. The number of aliphatic hydroxyl groups is 1. The van der Waals surface area contributed by atoms with Crippen molar-refractivity contribution in [2.24, 2.45) is 5.41 Å². The lowest BCUT2D eigenvalue weighted by molar-refractivity contribution is -0.0665. The first kappa shape index (κ1) is 24.1. The van der Waals surface area contributed by atoms with E-state index in [4.69, 9.17) is 15.0 Å². The molecular weight excluding hydrogens is 480 g/mol. The minimum absolute atomic E-state index is 0.161. The van der Waals surface area contributed by atoms with E-state index < -0.39 is 6.10 Å². The lowest BCUT2D eigenvalue weighted by Crippen LogP contribution is -2.70. The van der Waals surface area contributed by atoms with E-state index in [9.17, 15) is 15.2 Å². The summed E-state index contributed by atoms with van der Waals surface area (Å²) in [6, 6.07) is 8.09. The van der Waals surface area contributed by atoms with E-state index in [1.165, 1.54) is 6.08 Å². The zero-order chi connectivity index (χ0) is 26.8. The Bertz CT molecular complexity index is 1470. The smallest absolute Gasteiger partial charge is 0.278 e. The molecule has 9 nitrogen and oxygen atoms in total. The molecule has 4 aliphatic carbocycles. The number of rotatable bonds is 6. The van der Waals surface area contributed by atoms with Crippen LogP contribution in [0.3, 0.4) is 0 Å². The third-order valence-corrected chi connectivity index (χ3v) is 8.30. The second-order valence-corrected chi connectivity index (χ2v) is 11.2. The van der Waals surface area contributed by atoms with Gasteiger partial charge in [0.1, 0.15) is 11.4 Å². The number of ether oxygens (including phenoxy) is 1. The number of carbonyl (C=O) groups is 1. The first-order valence-electron chi connectivity index (χ1n) is 12.8. The number of nitrogens with zero attached hydrogens (tertiary/aromatic N) is 5. The van der Waals surface area contributed by atoms with Crippen molar-refractivity contribution in [3.63, 3.8) is 0 Å². The Kier molecular flexibility index (Phi) is 5.34. The second-order valence-electron chi connectivity index (χ2n) is 11.2. The lowest BCUT2D eigenvalue weighted by Gasteiger charge is -2.66. The minimum atomic E-state index is -0.445. The minimum Gasteiger partial charge on any atom is -0.438 e. The van der Waals surface area contributed by atoms with Crippen LogP contribution in [-0.2, 0) is 0 Å². The van der Waals surface area contributed by atoms with Gasteiger partial charge in [0.25, 0.3) is 5.91 Å². The van der Waals surface area contributed by atoms with Crippen LogP contribution < -0.4 is 10.1 Å². The fourth-order valence-electron chi connectivity index (χ4n) is 6.64. The Balaban J connectivity index is 1.39. The zero-order valence-electron chi connectivity index (χ0n) is 21.4. The van der Waals surface area contributed by atoms with Crippen LogP contribution in [-0.4, -0.2) is 43.6 Å². The molecule has 2 bridgehead atoms. The van der Waals surface area contributed by atoms with Gasteiger partial charge in [0.2, 0.25) is 11.8 Å². The summed E-state index contributed by atoms with van der Waals surface area (Å²) >= 11 is 0. The van der Waals surface area contributed by atoms with Crippen molar-refractivity contribution in [3.8, 4) is 23.8 Å². The lowest BCUT2D eigenvalue weighted by atomic mass is 9.40. The number of hydrogen-bond acceptors (Lipinski definition) is 8. The Morgan fingerprint density at radius 2 is 1.92 bits per heavy atom. The fourth-order valence-corrected chi connectivity index (χ4v) is 6.64. The third-order valence-electron chi connectivity index (χ3n) is 8.30. The average Bonchev–Trinajstić information content (AvgIpc) is 3.36. The topological polar surface area (TPSA) is 135 Å². The van der Waals surface area contributed by atoms with Crippen LogP contribution >= 0.6 is 0 Å². The van der Waals surface area contributed by atoms with Crippen molar-refractivity contribution in [3.05, 3.63) is 52.7 Å². The van der Waals surface area contributed by atoms with Gasteiger partial charge in [0.05, 0.1) is 34.9 Å². The SMILES string of the molecule is C=C1c2c(Oc3c(C)cc(/C=C/C#N)cc3C)nc(NC34CC(C#N)(C3)C4)nc2C(=O)N1[C@H]1CC[C@@H](O)C1. The van der Waals surface area contributed by atoms with Crippen molar-refractivity contribution in [1.29, 1.82) is 10.5 Å². The Hall–Kier alpha value is -4.21. The van der Waals surface area contributed by atoms with Gasteiger partial charge < -0.3 is 20.1 Å². The largest absolute Gasteiger partial charge is 0.438 e. The van der Waals surface area contributed by atoms with Crippen molar-refractivity contribution in [1.82, 2.24) is 14.9 Å². The quantitative estimate of drug-likeness (QED) is 0.540. The molecule has 4 saturated carbocycles. The first-order valence-corrected chi connectivity index (χ1v) is 12.8. The monoisotopic (exact) mass is 508 g/mol. The molecular formula is C29H28N6O3. The molecule has 1 aliphatic heterocycles. The van der Waals surface area contributed by atoms with E-state index in [1.54, 1.807) is 11.0 Å². The molecule has 4 fully saturated rings. The van der Waals surface area contributed by atoms with Gasteiger partial charge in [0.15, 0.2) is 0 Å². The molecule has 1 aromatic carbocycles. The summed E-state index contributed by atoms with van der Waals surface area (Å²) in [6.45, 7) is 8.06. The molecule has 0 unspecified atom stereocenters. The molecule has 38 heavy (non-hydrogen) atoms. The third kappa shape index (κ3) is 3.66. The summed E-state index contributed by atoms with van der Waals surface area (Å²) in [4.78, 5) is 24.6. The highest BCUT2D eigenvalue weighted by molar-refractivity contribution is 6.08. The number of benzene rings is 1. The molecule has 1 aromatic heterocycles. The number of amides is 1. The second kappa shape index (κ2) is 8.41. The number of aromatic nitrogens is 2. The van der Waals surface area contributed by atoms with Gasteiger partial charge in [-0.25, -0.2) is 4.98 Å². The van der Waals surface area contributed by atoms with Crippen LogP contribution in [0.25, 0.3) is 11.8 Å². The molecule has 0 saturated heterocycles. The summed E-state index contributed by atoms with van der Waals surface area (Å²) in [5.74, 6) is 0.874. The standard InChI is InChI=1S/C29H28N6O3/c1-16-9-19(5-4-8-30)10-17(2)24(16)38-25-22-18(3)35(20-6-7-21(36)11-20)26(37)23(22)32-27(33-25)34-29-12-28(13-29,14-29)15-31/h4-5,9-10,20-21,36H,3,6-7,11-14H2,1-2H3,(H,32,33,34)/b5-4+/t20-,21+,28?,29?/m0/s1. The molecule has 2 atom stereocenters. The molecule has 192 valence electrons. The van der Waals surface area contributed by atoms with Crippen LogP contribution in [0.2, 0.25) is 0 Å². The number of anilines is 1. The van der Waals surface area contributed by atoms with Gasteiger partial charge >= 0.3 is 0 Å². The molecule has 0 spiro atoms. The highest BCUT2D eigenvalue weighted by Crippen LogP contribution is 2.67. The van der Waals surface area contributed by atoms with Crippen LogP contribution in [0.5, 0.6) is 11.6 Å². The highest BCUT2D eigenvalue weighted by atomic mass is 16.5. The van der Waals surface area contributed by atoms with Gasteiger partial charge in [0, 0.05) is 17.7 Å². The van der Waals surface area contributed by atoms with E-state index in [1.807, 2.05) is 32.0 Å². The number of fused-ring (bicyclic) bond motifs is 1. The maximum Gasteiger partial charge on any atom is 0.278 e. The molecule has 2 N–H and O–H groups in total. The molecule has 9 heteroatoms. The van der Waals surface area contributed by atoms with Gasteiger partial charge in [-0.05, 0) is 87.3 Å². The maximum atomic E-state index is 13.6. The summed E-state index contributed by atoms with van der Waals surface area (Å²) in [6.07, 6.45) is 6.72. The van der Waals surface area contributed by atoms with Crippen LogP contribution in [0.4, 0.5) is 5.95 Å². The Morgan fingerprint density at radius 3 is 2.53 bits per heavy atom. The number of carbonyl (C=O) groups excluding carboxylic acids is 1. The molecule has 2 aromatic rings. The summed E-state index contributed by atoms with van der Waals surface area (Å²) in [5, 5.41) is 31.8. The number of aliphatic hydroxyl groups excluding tert-OH is 1. The highest BCUT2D eigenvalue weighted by Gasteiger charge is 2.69. The van der Waals surface area contributed by atoms with Gasteiger partial charge in [-0.1, -0.05) is 6.58 Å². The summed E-state index contributed by atoms with van der Waals surface area (Å²) in [5.41, 5.74) is 3.28. The van der Waals surface area contributed by atoms with Gasteiger partial charge in [-0.2, -0.15) is 15.5 Å². The molecule has 2 heterocycles. The van der Waals surface area contributed by atoms with Crippen molar-refractivity contribution < 1.29 is 14.6 Å². The predicted octanol–water partition coefficient (Wildman–Crippen LogP) is 4.62. The van der Waals surface area contributed by atoms with Crippen LogP contribution in [0.15, 0.2) is 24.8 Å². The van der Waals surface area contributed by atoms with E-state index in [0.29, 0.717) is 42.2 Å². The number of nitriles is 2. The van der Waals surface area contributed by atoms with Crippen molar-refractivity contribution >= 4 is 23.6 Å². The summed E-state index contributed by atoms with van der Waals surface area (Å²) in [7, 11) is 0. The Labute approximate surface area is 221 Å². The van der Waals surface area contributed by atoms with E-state index in [2.05, 4.69) is 22.9 Å². The average molecular weight is 509 g/mol. The van der Waals surface area contributed by atoms with Gasteiger partial charge in [-0.3, -0.25) is 4.79 Å². The normalized spacial score (nSPS) is 28.9. The van der Waals surface area contributed by atoms with Crippen molar-refractivity contribution in [2.45, 2.75) is 70.1 Å².